The Morgan fingerprint density at radius 3 is 2.35 bits per heavy atom. The summed E-state index contributed by atoms with van der Waals surface area (Å²) >= 11 is 0. The Morgan fingerprint density at radius 2 is 1.73 bits per heavy atom. The molecule has 49 heavy (non-hydrogen) atoms. The minimum atomic E-state index is -1.24. The highest BCUT2D eigenvalue weighted by Gasteiger charge is 2.40. The smallest absolute Gasteiger partial charge is 0.247 e. The number of ether oxygens (including phenoxy) is 1. The molecule has 4 rings (SSSR count). The van der Waals surface area contributed by atoms with Crippen molar-refractivity contribution in [1.29, 1.82) is 0 Å². The van der Waals surface area contributed by atoms with Crippen molar-refractivity contribution in [2.24, 2.45) is 5.41 Å². The normalized spacial score (nSPS) is 23.1. The van der Waals surface area contributed by atoms with E-state index in [1.807, 2.05) is 57.0 Å². The molecular formula is C39H57N3O7. The highest BCUT2D eigenvalue weighted by atomic mass is 16.5. The van der Waals surface area contributed by atoms with E-state index in [0.29, 0.717) is 25.1 Å². The maximum Gasteiger partial charge on any atom is 0.247 e. The number of aryl methyl sites for hydroxylation is 1. The first kappa shape index (κ1) is 38.5. The topological polar surface area (TPSA) is 143 Å². The van der Waals surface area contributed by atoms with Gasteiger partial charge in [0.1, 0.15) is 23.5 Å². The molecule has 5 atom stereocenters. The summed E-state index contributed by atoms with van der Waals surface area (Å²) in [7, 11) is 2.04. The number of aromatic hydroxyl groups is 1. The molecule has 10 nitrogen and oxygen atoms in total. The van der Waals surface area contributed by atoms with E-state index in [9.17, 15) is 30.0 Å². The number of phenols is 1. The Labute approximate surface area is 291 Å². The molecular weight excluding hydrogens is 622 g/mol. The Balaban J connectivity index is 1.52. The van der Waals surface area contributed by atoms with E-state index in [-0.39, 0.29) is 36.5 Å². The maximum atomic E-state index is 13.4. The fourth-order valence-corrected chi connectivity index (χ4v) is 6.57. The van der Waals surface area contributed by atoms with Crippen LogP contribution in [0.1, 0.15) is 99.8 Å². The summed E-state index contributed by atoms with van der Waals surface area (Å²) in [4.78, 5) is 30.7. The molecule has 2 aromatic rings. The zero-order chi connectivity index (χ0) is 36.3. The van der Waals surface area contributed by atoms with Crippen molar-refractivity contribution in [2.75, 3.05) is 39.8 Å². The molecule has 5 N–H and O–H groups in total. The van der Waals surface area contributed by atoms with Crippen LogP contribution in [-0.2, 0) is 20.7 Å². The predicted molar refractivity (Wildman–Crippen MR) is 191 cm³/mol. The van der Waals surface area contributed by atoms with E-state index in [4.69, 9.17) is 4.74 Å². The largest absolute Gasteiger partial charge is 0.508 e. The number of carbonyl (C=O) groups is 2. The number of benzene rings is 2. The molecule has 270 valence electrons. The van der Waals surface area contributed by atoms with Gasteiger partial charge in [0, 0.05) is 38.2 Å². The summed E-state index contributed by atoms with van der Waals surface area (Å²) in [5.74, 6) is -0.146. The van der Waals surface area contributed by atoms with Crippen molar-refractivity contribution < 1.29 is 34.8 Å². The van der Waals surface area contributed by atoms with Crippen molar-refractivity contribution in [3.05, 3.63) is 69.8 Å². The molecule has 0 spiro atoms. The van der Waals surface area contributed by atoms with Gasteiger partial charge in [-0.3, -0.25) is 9.59 Å². The summed E-state index contributed by atoms with van der Waals surface area (Å²) < 4.78 is 5.92. The maximum absolute atomic E-state index is 13.4. The summed E-state index contributed by atoms with van der Waals surface area (Å²) in [6.07, 6.45) is 1.41. The molecule has 0 saturated carbocycles. The number of nitrogens with zero attached hydrogens (tertiary/aromatic N) is 2. The third kappa shape index (κ3) is 9.10. The lowest BCUT2D eigenvalue weighted by Gasteiger charge is -2.38. The number of piperazine rings is 1. The number of rotatable bonds is 11. The van der Waals surface area contributed by atoms with Crippen LogP contribution in [0.4, 0.5) is 0 Å². The Hall–Kier alpha value is -3.28. The molecule has 2 aromatic carbocycles. The summed E-state index contributed by atoms with van der Waals surface area (Å²) in [5.41, 5.74) is 3.55. The molecule has 2 aliphatic rings. The molecule has 2 fully saturated rings. The first-order valence-corrected chi connectivity index (χ1v) is 17.5. The van der Waals surface area contributed by atoms with Gasteiger partial charge in [0.15, 0.2) is 0 Å². The van der Waals surface area contributed by atoms with Gasteiger partial charge < -0.3 is 40.3 Å². The van der Waals surface area contributed by atoms with Crippen LogP contribution in [-0.4, -0.2) is 106 Å². The van der Waals surface area contributed by atoms with E-state index in [1.165, 1.54) is 0 Å². The van der Waals surface area contributed by atoms with Crippen LogP contribution < -0.4 is 5.32 Å². The van der Waals surface area contributed by atoms with Gasteiger partial charge in [-0.05, 0) is 100 Å². The average Bonchev–Trinajstić information content (AvgIpc) is 3.06. The van der Waals surface area contributed by atoms with E-state index < -0.39 is 35.4 Å². The molecule has 2 heterocycles. The lowest BCUT2D eigenvalue weighted by atomic mass is 9.85. The standard InChI is InChI=1S/C39H57N3O7/c1-9-24(2)30-22-32(44)31(35-34(46)33(45)21-29(23-43)49-35)20-28(30)19-27-11-10-26(18-25(27)3)12-13-38(4,5)36(47)40-39(6,7)37(48)42-16-14-41(8)15-17-42/h10-13,18,20,22,24,29,33-35,43-46H,9,14-17,19,21,23H2,1-8H3,(H,40,47). The number of hydrogen-bond acceptors (Lipinski definition) is 8. The Kier molecular flexibility index (Phi) is 12.4. The highest BCUT2D eigenvalue weighted by Crippen LogP contribution is 2.40. The summed E-state index contributed by atoms with van der Waals surface area (Å²) in [6, 6.07) is 9.74. The molecule has 0 aliphatic carbocycles. The van der Waals surface area contributed by atoms with Crippen molar-refractivity contribution in [3.63, 3.8) is 0 Å². The van der Waals surface area contributed by atoms with Gasteiger partial charge in [-0.25, -0.2) is 0 Å². The van der Waals surface area contributed by atoms with Gasteiger partial charge in [0.05, 0.1) is 24.2 Å². The van der Waals surface area contributed by atoms with Crippen molar-refractivity contribution in [2.45, 2.75) is 104 Å². The van der Waals surface area contributed by atoms with Gasteiger partial charge in [-0.2, -0.15) is 0 Å². The quantitative estimate of drug-likeness (QED) is 0.240. The highest BCUT2D eigenvalue weighted by molar-refractivity contribution is 5.93. The van der Waals surface area contributed by atoms with Crippen LogP contribution in [0.5, 0.6) is 5.75 Å². The minimum Gasteiger partial charge on any atom is -0.508 e. The SMILES string of the molecule is CCC(C)c1cc(O)c(C2OC(CO)CC(O)C2O)cc1Cc1ccc(C=CC(C)(C)C(=O)NC(C)(C)C(=O)N2CCN(C)CC2)cc1C. The molecule has 2 amide bonds. The third-order valence-corrected chi connectivity index (χ3v) is 10.3. The Bertz CT molecular complexity index is 1510. The van der Waals surface area contributed by atoms with Crippen LogP contribution in [0.3, 0.4) is 0 Å². The van der Waals surface area contributed by atoms with E-state index in [2.05, 4.69) is 36.2 Å². The lowest BCUT2D eigenvalue weighted by molar-refractivity contribution is -0.180. The summed E-state index contributed by atoms with van der Waals surface area (Å²) in [6.45, 7) is 16.1. The number of phenolic OH excluding ortho intramolecular Hbond substituents is 1. The number of nitrogens with one attached hydrogen (secondary N) is 1. The van der Waals surface area contributed by atoms with Gasteiger partial charge in [-0.15, -0.1) is 0 Å². The van der Waals surface area contributed by atoms with Gasteiger partial charge in [0.2, 0.25) is 11.8 Å². The number of aliphatic hydroxyl groups is 3. The molecule has 0 aromatic heterocycles. The first-order chi connectivity index (χ1) is 23.0. The average molecular weight is 680 g/mol. The van der Waals surface area contributed by atoms with E-state index in [0.717, 1.165) is 47.3 Å². The second kappa shape index (κ2) is 15.7. The van der Waals surface area contributed by atoms with Gasteiger partial charge in [0.25, 0.3) is 0 Å². The number of aliphatic hydroxyl groups excluding tert-OH is 3. The molecule has 2 aliphatic heterocycles. The number of hydrogen-bond donors (Lipinski definition) is 5. The van der Waals surface area contributed by atoms with Crippen molar-refractivity contribution in [3.8, 4) is 5.75 Å². The zero-order valence-electron chi connectivity index (χ0n) is 30.5. The first-order valence-electron chi connectivity index (χ1n) is 17.5. The van der Waals surface area contributed by atoms with Gasteiger partial charge in [-0.1, -0.05) is 44.2 Å². The van der Waals surface area contributed by atoms with Crippen molar-refractivity contribution in [1.82, 2.24) is 15.1 Å². The monoisotopic (exact) mass is 679 g/mol. The minimum absolute atomic E-state index is 0.00942. The molecule has 2 saturated heterocycles. The molecule has 0 bridgehead atoms. The van der Waals surface area contributed by atoms with Crippen LogP contribution in [0.15, 0.2) is 36.4 Å². The second-order valence-electron chi connectivity index (χ2n) is 15.2. The van der Waals surface area contributed by atoms with Crippen molar-refractivity contribution >= 4 is 17.9 Å². The van der Waals surface area contributed by atoms with Gasteiger partial charge >= 0.3 is 0 Å². The lowest BCUT2D eigenvalue weighted by Crippen LogP contribution is -2.60. The number of carbonyl (C=O) groups excluding carboxylic acids is 2. The predicted octanol–water partition coefficient (Wildman–Crippen LogP) is 4.06. The van der Waals surface area contributed by atoms with Crippen LogP contribution in [0, 0.1) is 12.3 Å². The number of likely N-dealkylation sites (N-methyl/N-ethyl adjacent to an activating group) is 1. The molecule has 0 radical (unpaired) electrons. The van der Waals surface area contributed by atoms with Crippen LogP contribution >= 0.6 is 0 Å². The van der Waals surface area contributed by atoms with Crippen LogP contribution in [0.2, 0.25) is 0 Å². The van der Waals surface area contributed by atoms with E-state index in [1.54, 1.807) is 19.9 Å². The Morgan fingerprint density at radius 1 is 1.06 bits per heavy atom. The molecule has 10 heteroatoms. The fourth-order valence-electron chi connectivity index (χ4n) is 6.57. The third-order valence-electron chi connectivity index (χ3n) is 10.3. The second-order valence-corrected chi connectivity index (χ2v) is 15.2. The van der Waals surface area contributed by atoms with E-state index >= 15 is 0 Å². The zero-order valence-corrected chi connectivity index (χ0v) is 30.5. The summed E-state index contributed by atoms with van der Waals surface area (Å²) in [5, 5.41) is 44.9. The fraction of sp³-hybridized carbons (Fsp3) is 0.590. The molecule has 5 unspecified atom stereocenters. The van der Waals surface area contributed by atoms with Crippen LogP contribution in [0.25, 0.3) is 6.08 Å². The number of amides is 2.